The van der Waals surface area contributed by atoms with Crippen LogP contribution < -0.4 is 19.6 Å². The predicted molar refractivity (Wildman–Crippen MR) is 586 cm³/mol. The summed E-state index contributed by atoms with van der Waals surface area (Å²) in [5.41, 5.74) is 22.3. The maximum Gasteiger partial charge on any atom is 0.0948 e. The number of aromatic nitrogens is 7. The van der Waals surface area contributed by atoms with Crippen molar-refractivity contribution in [3.05, 3.63) is 182 Å². The molecule has 1 saturated carbocycles. The minimum Gasteiger partial charge on any atom is -0.395 e. The third kappa shape index (κ3) is 36.4. The number of ether oxygens (including phenoxy) is 7. The van der Waals surface area contributed by atoms with E-state index in [9.17, 15) is 25.7 Å². The molecule has 0 amide bonds. The Morgan fingerprint density at radius 2 is 0.786 bits per heavy atom. The van der Waals surface area contributed by atoms with Gasteiger partial charge in [0.1, 0.15) is 0 Å². The van der Waals surface area contributed by atoms with Gasteiger partial charge in [-0.25, -0.2) is 0 Å². The molecule has 30 heteroatoms. The Labute approximate surface area is 872 Å². The predicted octanol–water partition coefficient (Wildman–Crippen LogP) is 15.5. The zero-order valence-electron chi connectivity index (χ0n) is 94.4. The lowest BCUT2D eigenvalue weighted by atomic mass is 9.74. The molecule has 30 nitrogen and oxygen atoms in total. The van der Waals surface area contributed by atoms with Gasteiger partial charge in [-0.2, -0.15) is 5.26 Å². The van der Waals surface area contributed by atoms with Crippen molar-refractivity contribution in [1.29, 1.82) is 5.26 Å². The van der Waals surface area contributed by atoms with Crippen LogP contribution in [0.3, 0.4) is 0 Å². The van der Waals surface area contributed by atoms with Crippen LogP contribution in [-0.2, 0) is 83.4 Å². The number of likely N-dealkylation sites (tertiary alicyclic amines) is 1. The van der Waals surface area contributed by atoms with Crippen molar-refractivity contribution >= 4 is 22.7 Å². The Morgan fingerprint density at radius 1 is 0.414 bits per heavy atom. The second-order valence-electron chi connectivity index (χ2n) is 44.9. The van der Waals surface area contributed by atoms with Gasteiger partial charge in [-0.1, -0.05) is 115 Å². The molecule has 0 radical (unpaired) electrons. The molecule has 8 aliphatic rings. The van der Waals surface area contributed by atoms with Crippen LogP contribution in [0.15, 0.2) is 91.1 Å². The molecule has 7 saturated heterocycles. The van der Waals surface area contributed by atoms with Gasteiger partial charge in [-0.15, -0.1) is 0 Å². The Kier molecular flexibility index (Phi) is 48.6. The van der Waals surface area contributed by atoms with Gasteiger partial charge in [0, 0.05) is 181 Å². The van der Waals surface area contributed by atoms with Crippen molar-refractivity contribution in [2.75, 3.05) is 249 Å². The van der Waals surface area contributed by atoms with E-state index < -0.39 is 23.7 Å². The third-order valence-corrected chi connectivity index (χ3v) is 28.4. The highest BCUT2D eigenvalue weighted by Crippen LogP contribution is 2.50. The summed E-state index contributed by atoms with van der Waals surface area (Å²) < 4.78 is 39.0. The van der Waals surface area contributed by atoms with E-state index in [1.807, 2.05) is 69.7 Å². The Hall–Kier alpha value is -7.98. The van der Waals surface area contributed by atoms with E-state index in [4.69, 9.17) is 63.1 Å². The van der Waals surface area contributed by atoms with E-state index in [0.717, 1.165) is 216 Å². The highest BCUT2D eigenvalue weighted by molar-refractivity contribution is 5.55. The molecular weight excluding hydrogens is 1820 g/mol. The third-order valence-electron chi connectivity index (χ3n) is 28.4. The molecule has 15 rings (SSSR count). The van der Waals surface area contributed by atoms with Gasteiger partial charge in [-0.3, -0.25) is 39.8 Å². The number of likely N-dealkylation sites (N-methyl/N-ethyl adjacent to an activating group) is 1. The number of hydrogen-bond donors (Lipinski definition) is 4. The summed E-state index contributed by atoms with van der Waals surface area (Å²) in [6.07, 6.45) is 8.00. The number of methoxy groups -OCH3 is 1. The Morgan fingerprint density at radius 3 is 1.15 bits per heavy atom. The molecule has 7 aromatic rings. The second kappa shape index (κ2) is 58.4. The second-order valence-corrected chi connectivity index (χ2v) is 44.9. The van der Waals surface area contributed by atoms with Crippen LogP contribution in [0.4, 0.5) is 22.7 Å². The number of nitrogens with zero attached hydrogens (tertiary/aromatic N) is 19. The number of anilines is 4. The highest BCUT2D eigenvalue weighted by Gasteiger charge is 2.47. The van der Waals surface area contributed by atoms with Gasteiger partial charge in [0.05, 0.1) is 164 Å². The molecule has 1 aliphatic carbocycles. The first-order valence-corrected chi connectivity index (χ1v) is 53.6. The molecule has 0 bridgehead atoms. The van der Waals surface area contributed by atoms with Crippen molar-refractivity contribution in [3.63, 3.8) is 0 Å². The van der Waals surface area contributed by atoms with Crippen LogP contribution in [0.2, 0.25) is 0 Å². The molecule has 0 spiro atoms. The van der Waals surface area contributed by atoms with Gasteiger partial charge >= 0.3 is 0 Å². The van der Waals surface area contributed by atoms with Crippen LogP contribution in [0, 0.1) is 11.3 Å². The summed E-state index contributed by atoms with van der Waals surface area (Å²) in [4.78, 5) is 58.0. The Bertz CT molecular complexity index is 4810. The average molecular weight is 2010 g/mol. The number of hydrogen-bond acceptors (Lipinski definition) is 30. The van der Waals surface area contributed by atoms with Crippen molar-refractivity contribution in [3.8, 4) is 6.07 Å². The van der Waals surface area contributed by atoms with E-state index in [1.165, 1.54) is 40.3 Å². The fourth-order valence-corrected chi connectivity index (χ4v) is 19.0. The van der Waals surface area contributed by atoms with Crippen LogP contribution in [0.25, 0.3) is 0 Å². The molecule has 4 N–H and O–H groups in total. The maximum absolute atomic E-state index is 9.94. The summed E-state index contributed by atoms with van der Waals surface area (Å²) in [5.74, 6) is 3.52. The van der Waals surface area contributed by atoms with E-state index in [-0.39, 0.29) is 23.9 Å². The minimum absolute atomic E-state index is 0.0178. The zero-order chi connectivity index (χ0) is 106. The average Bonchev–Trinajstić information content (AvgIpc) is 1.61. The first-order chi connectivity index (χ1) is 68.9. The van der Waals surface area contributed by atoms with Gasteiger partial charge in [0.2, 0.25) is 0 Å². The van der Waals surface area contributed by atoms with Crippen molar-refractivity contribution < 1.29 is 53.6 Å². The molecule has 8 fully saturated rings. The first-order valence-electron chi connectivity index (χ1n) is 53.6. The molecular formula is C115H187N19O11. The van der Waals surface area contributed by atoms with Crippen LogP contribution in [0.5, 0.6) is 0 Å². The molecule has 2 unspecified atom stereocenters. The van der Waals surface area contributed by atoms with Gasteiger partial charge < -0.3 is 103 Å². The molecule has 145 heavy (non-hydrogen) atoms. The zero-order valence-corrected chi connectivity index (χ0v) is 94.4. The quantitative estimate of drug-likeness (QED) is 0.0325. The summed E-state index contributed by atoms with van der Waals surface area (Å²) in [5, 5.41) is 49.2. The number of aliphatic hydroxyl groups excluding tert-OH is 4. The monoisotopic (exact) mass is 2010 g/mol. The highest BCUT2D eigenvalue weighted by atomic mass is 16.5. The smallest absolute Gasteiger partial charge is 0.0948 e. The number of aliphatic hydroxyl groups is 4. The Balaban J connectivity index is 0.000000188. The van der Waals surface area contributed by atoms with E-state index in [2.05, 4.69) is 289 Å². The van der Waals surface area contributed by atoms with Crippen molar-refractivity contribution in [1.82, 2.24) is 69.2 Å². The summed E-state index contributed by atoms with van der Waals surface area (Å²) in [7, 11) is 26.6. The van der Waals surface area contributed by atoms with Crippen LogP contribution in [-0.4, -0.2) is 355 Å². The SMILES string of the molecule is CC(C)c1ccc(C2(C#N)CCOCC2)c(CN(C)C)n1.CC(C)c1ccc(N2CCOC(C(C)(C)N(C)C)C2)cn1.CC(C)c1ccc(N2CCOCC(O)C2)c(CN(C)C)n1.CC(C)c1ccc(N2CCOC[C@@H](O)C2)c(CN(C)C)n1.CC(C)c1ccc(N2CCOC[C@H](O)C2)c(CN(C)C)n1.CC(C)c1ccc([C@H]2CCOC2)c(CN2CCC[C@@H]2CO)n1.COC1(c2ccc(C(C)C)nc2CN(C)C)CC1. The fourth-order valence-electron chi connectivity index (χ4n) is 19.0. The fraction of sp³-hybridized carbons (Fsp3) is 0.687. The van der Waals surface area contributed by atoms with E-state index in [0.29, 0.717) is 126 Å². The minimum atomic E-state index is -0.440. The van der Waals surface area contributed by atoms with Crippen LogP contribution >= 0.6 is 0 Å². The lowest BCUT2D eigenvalue weighted by Crippen LogP contribution is -2.57. The van der Waals surface area contributed by atoms with E-state index in [1.54, 1.807) is 0 Å². The summed E-state index contributed by atoms with van der Waals surface area (Å²) >= 11 is 0. The summed E-state index contributed by atoms with van der Waals surface area (Å²) in [6.45, 7) is 54.0. The first kappa shape index (κ1) is 121. The van der Waals surface area contributed by atoms with E-state index >= 15 is 0 Å². The van der Waals surface area contributed by atoms with Gasteiger partial charge in [0.25, 0.3) is 0 Å². The standard InChI is InChI=1S/C18H28N2O2.C17H29N3O.C17H25N3O.3C16H27N3O2.C15H24N2O/c1-13(2)17-6-5-16(14-7-9-22-12-14)18(19-17)10-20-8-3-4-15(20)11-21;1-13(2)15-8-7-14(11-18-15)20-9-10-21-16(12-20)17(3,4)19(5)6;1-13(2)15-6-5-14(16(19-15)11-20(3)4)17(12-18)7-9-21-10-8-17;3*1-12(2)14-5-6-16(15(17-14)10-18(3)4)19-7-8-21-11-13(20)9-19;1-11(2)13-7-6-12(15(18-5)8-9-15)14(16-13)10-17(3)4/h5-6,13-15,21H,3-4,7-12H2,1-2H3;7-8,11,13,16H,9-10,12H2,1-6H3;5-6,13H,7-11H2,1-4H3;3*5-6,12-13,20H,7-11H2,1-4H3;6-7,11H,8-10H2,1-5H3/t14-,15+;;;2*13-;;/m0..10../s1. The molecule has 6 atom stereocenters. The van der Waals surface area contributed by atoms with Crippen molar-refractivity contribution in [2.24, 2.45) is 0 Å². The number of β-amino-alcohol motifs (C(OH)–C–C–N with tert-alkyl or cyclic N) is 3. The topological polar surface area (TPSA) is 295 Å². The van der Waals surface area contributed by atoms with Gasteiger partial charge in [0.15, 0.2) is 0 Å². The lowest BCUT2D eigenvalue weighted by Gasteiger charge is -2.45. The normalized spacial score (nSPS) is 20.4. The molecule has 14 heterocycles. The molecule has 808 valence electrons. The maximum atomic E-state index is 9.94. The van der Waals surface area contributed by atoms with Gasteiger partial charge in [-0.05, 0) is 269 Å². The number of morpholine rings is 1. The van der Waals surface area contributed by atoms with Crippen LogP contribution in [0.1, 0.15) is 294 Å². The number of pyridine rings is 7. The van der Waals surface area contributed by atoms with Crippen molar-refractivity contribution in [2.45, 2.75) is 289 Å². The molecule has 0 aromatic carbocycles. The molecule has 7 aliphatic heterocycles. The number of rotatable bonds is 30. The number of nitriles is 1. The molecule has 7 aromatic heterocycles. The lowest BCUT2D eigenvalue weighted by molar-refractivity contribution is -0.0484. The summed E-state index contributed by atoms with van der Waals surface area (Å²) in [6, 6.07) is 32.9. The largest absolute Gasteiger partial charge is 0.395 e.